The van der Waals surface area contributed by atoms with Crippen LogP contribution in [-0.4, -0.2) is 6.54 Å². The van der Waals surface area contributed by atoms with Crippen LogP contribution in [0.2, 0.25) is 5.02 Å². The first-order valence-corrected chi connectivity index (χ1v) is 8.86. The Kier molecular flexibility index (Phi) is 5.95. The van der Waals surface area contributed by atoms with Crippen LogP contribution in [0.4, 0.5) is 0 Å². The maximum Gasteiger partial charge on any atom is 0.0410 e. The highest BCUT2D eigenvalue weighted by Gasteiger charge is 2.31. The van der Waals surface area contributed by atoms with Crippen molar-refractivity contribution in [2.24, 2.45) is 17.8 Å². The molecule has 1 aromatic carbocycles. The van der Waals surface area contributed by atoms with E-state index in [9.17, 15) is 0 Å². The Morgan fingerprint density at radius 3 is 2.50 bits per heavy atom. The molecule has 1 aliphatic carbocycles. The van der Waals surface area contributed by atoms with Gasteiger partial charge in [-0.3, -0.25) is 0 Å². The van der Waals surface area contributed by atoms with Crippen molar-refractivity contribution in [2.75, 3.05) is 6.54 Å². The topological polar surface area (TPSA) is 12.0 Å². The molecule has 3 unspecified atom stereocenters. The Morgan fingerprint density at radius 1 is 1.25 bits per heavy atom. The third-order valence-electron chi connectivity index (χ3n) is 4.40. The fourth-order valence-electron chi connectivity index (χ4n) is 3.78. The van der Waals surface area contributed by atoms with Crippen molar-refractivity contribution in [2.45, 2.75) is 46.1 Å². The van der Waals surface area contributed by atoms with E-state index in [1.807, 2.05) is 6.07 Å². The molecule has 0 radical (unpaired) electrons. The Hall–Kier alpha value is -0.0500. The van der Waals surface area contributed by atoms with Crippen LogP contribution in [0.5, 0.6) is 0 Å². The lowest BCUT2D eigenvalue weighted by Gasteiger charge is -2.37. The third-order valence-corrected chi connectivity index (χ3v) is 5.36. The van der Waals surface area contributed by atoms with Crippen LogP contribution in [0.3, 0.4) is 0 Å². The van der Waals surface area contributed by atoms with Gasteiger partial charge in [0.2, 0.25) is 0 Å². The number of benzene rings is 1. The number of rotatable bonds is 4. The molecule has 20 heavy (non-hydrogen) atoms. The monoisotopic (exact) mass is 357 g/mol. The molecule has 1 aromatic rings. The fraction of sp³-hybridized carbons (Fsp3) is 0.647. The number of nitrogens with one attached hydrogen (secondary N) is 1. The van der Waals surface area contributed by atoms with Gasteiger partial charge in [-0.05, 0) is 67.3 Å². The molecular formula is C17H25BrClN. The highest BCUT2D eigenvalue weighted by atomic mass is 79.9. The molecule has 3 heteroatoms. The minimum absolute atomic E-state index is 0.401. The summed E-state index contributed by atoms with van der Waals surface area (Å²) >= 11 is 9.91. The molecule has 1 fully saturated rings. The molecule has 1 nitrogen and oxygen atoms in total. The molecule has 0 spiro atoms. The van der Waals surface area contributed by atoms with E-state index in [1.165, 1.54) is 29.3 Å². The van der Waals surface area contributed by atoms with E-state index in [2.05, 4.69) is 54.2 Å². The molecule has 0 heterocycles. The van der Waals surface area contributed by atoms with Gasteiger partial charge in [0.05, 0.1) is 0 Å². The van der Waals surface area contributed by atoms with E-state index in [1.54, 1.807) is 0 Å². The van der Waals surface area contributed by atoms with Gasteiger partial charge in [0, 0.05) is 15.5 Å². The normalized spacial score (nSPS) is 28.4. The number of halogens is 2. The molecule has 1 N–H and O–H groups in total. The first-order valence-electron chi connectivity index (χ1n) is 7.69. The quantitative estimate of drug-likeness (QED) is 0.714. The van der Waals surface area contributed by atoms with Crippen LogP contribution in [0, 0.1) is 17.8 Å². The molecular weight excluding hydrogens is 334 g/mol. The summed E-state index contributed by atoms with van der Waals surface area (Å²) in [4.78, 5) is 0. The van der Waals surface area contributed by atoms with Crippen molar-refractivity contribution < 1.29 is 0 Å². The van der Waals surface area contributed by atoms with Gasteiger partial charge >= 0.3 is 0 Å². The maximum atomic E-state index is 6.21. The summed E-state index contributed by atoms with van der Waals surface area (Å²) in [5, 5.41) is 4.51. The Morgan fingerprint density at radius 2 is 1.90 bits per heavy atom. The van der Waals surface area contributed by atoms with Crippen molar-refractivity contribution in [1.82, 2.24) is 5.32 Å². The van der Waals surface area contributed by atoms with Gasteiger partial charge in [-0.1, -0.05) is 48.3 Å². The van der Waals surface area contributed by atoms with Gasteiger partial charge < -0.3 is 5.32 Å². The summed E-state index contributed by atoms with van der Waals surface area (Å²) in [6.45, 7) is 7.95. The molecule has 3 atom stereocenters. The number of hydrogen-bond donors (Lipinski definition) is 1. The zero-order valence-electron chi connectivity index (χ0n) is 12.6. The zero-order chi connectivity index (χ0) is 14.7. The fourth-order valence-corrected chi connectivity index (χ4v) is 4.46. The SMILES string of the molecule is CCNC(c1cc(Cl)ccc1Br)C1CC(C)CC(C)C1. The summed E-state index contributed by atoms with van der Waals surface area (Å²) in [7, 11) is 0. The largest absolute Gasteiger partial charge is 0.310 e. The smallest absolute Gasteiger partial charge is 0.0410 e. The summed E-state index contributed by atoms with van der Waals surface area (Å²) in [6.07, 6.45) is 3.98. The van der Waals surface area contributed by atoms with Gasteiger partial charge in [0.15, 0.2) is 0 Å². The standard InChI is InChI=1S/C17H25BrClN/c1-4-20-17(13-8-11(2)7-12(3)9-13)15-10-14(19)5-6-16(15)18/h5-6,10-13,17,20H,4,7-9H2,1-3H3. The second kappa shape index (κ2) is 7.29. The van der Waals surface area contributed by atoms with Crippen LogP contribution < -0.4 is 5.32 Å². The Labute approximate surface area is 136 Å². The summed E-state index contributed by atoms with van der Waals surface area (Å²) < 4.78 is 1.17. The predicted octanol–water partition coefficient (Wildman–Crippen LogP) is 5.83. The molecule has 1 aliphatic rings. The van der Waals surface area contributed by atoms with Gasteiger partial charge in [0.25, 0.3) is 0 Å². The summed E-state index contributed by atoms with van der Waals surface area (Å²) in [6, 6.07) is 6.53. The van der Waals surface area contributed by atoms with Gasteiger partial charge in [-0.2, -0.15) is 0 Å². The Balaban J connectivity index is 2.28. The first kappa shape index (κ1) is 16.3. The lowest BCUT2D eigenvalue weighted by Crippen LogP contribution is -2.33. The van der Waals surface area contributed by atoms with E-state index < -0.39 is 0 Å². The second-order valence-electron chi connectivity index (χ2n) is 6.38. The van der Waals surface area contributed by atoms with Crippen LogP contribution in [0.25, 0.3) is 0 Å². The number of hydrogen-bond acceptors (Lipinski definition) is 1. The highest BCUT2D eigenvalue weighted by Crippen LogP contribution is 2.41. The lowest BCUT2D eigenvalue weighted by molar-refractivity contribution is 0.177. The maximum absolute atomic E-state index is 6.21. The van der Waals surface area contributed by atoms with Gasteiger partial charge in [-0.15, -0.1) is 0 Å². The minimum atomic E-state index is 0.401. The molecule has 0 aliphatic heterocycles. The van der Waals surface area contributed by atoms with Crippen LogP contribution >= 0.6 is 27.5 Å². The molecule has 0 bridgehead atoms. The van der Waals surface area contributed by atoms with E-state index in [0.717, 1.165) is 23.4 Å². The Bertz CT molecular complexity index is 439. The van der Waals surface area contributed by atoms with Crippen molar-refractivity contribution in [3.63, 3.8) is 0 Å². The van der Waals surface area contributed by atoms with Crippen molar-refractivity contribution in [3.8, 4) is 0 Å². The molecule has 0 saturated heterocycles. The van der Waals surface area contributed by atoms with Crippen molar-refractivity contribution in [3.05, 3.63) is 33.3 Å². The zero-order valence-corrected chi connectivity index (χ0v) is 15.0. The summed E-state index contributed by atoms with van der Waals surface area (Å²) in [5.74, 6) is 2.34. The molecule has 0 amide bonds. The van der Waals surface area contributed by atoms with E-state index in [-0.39, 0.29) is 0 Å². The first-order chi connectivity index (χ1) is 9.51. The summed E-state index contributed by atoms with van der Waals surface area (Å²) in [5.41, 5.74) is 1.31. The average molecular weight is 359 g/mol. The highest BCUT2D eigenvalue weighted by molar-refractivity contribution is 9.10. The minimum Gasteiger partial charge on any atom is -0.310 e. The third kappa shape index (κ3) is 3.99. The lowest BCUT2D eigenvalue weighted by atomic mass is 9.72. The molecule has 0 aromatic heterocycles. The van der Waals surface area contributed by atoms with E-state index in [4.69, 9.17) is 11.6 Å². The van der Waals surface area contributed by atoms with Crippen LogP contribution in [-0.2, 0) is 0 Å². The molecule has 1 saturated carbocycles. The van der Waals surface area contributed by atoms with Gasteiger partial charge in [0.1, 0.15) is 0 Å². The van der Waals surface area contributed by atoms with Crippen molar-refractivity contribution in [1.29, 1.82) is 0 Å². The predicted molar refractivity (Wildman–Crippen MR) is 91.2 cm³/mol. The average Bonchev–Trinajstić information content (AvgIpc) is 2.38. The molecule has 2 rings (SSSR count). The van der Waals surface area contributed by atoms with E-state index in [0.29, 0.717) is 12.0 Å². The molecule has 112 valence electrons. The van der Waals surface area contributed by atoms with Gasteiger partial charge in [-0.25, -0.2) is 0 Å². The van der Waals surface area contributed by atoms with Crippen LogP contribution in [0.1, 0.15) is 51.6 Å². The van der Waals surface area contributed by atoms with Crippen molar-refractivity contribution >= 4 is 27.5 Å². The second-order valence-corrected chi connectivity index (χ2v) is 7.67. The van der Waals surface area contributed by atoms with E-state index >= 15 is 0 Å². The van der Waals surface area contributed by atoms with Crippen LogP contribution in [0.15, 0.2) is 22.7 Å².